The summed E-state index contributed by atoms with van der Waals surface area (Å²) < 4.78 is 0. The molecule has 1 fully saturated rings. The van der Waals surface area contributed by atoms with Gasteiger partial charge in [0.1, 0.15) is 6.04 Å². The van der Waals surface area contributed by atoms with Gasteiger partial charge in [-0.3, -0.25) is 9.59 Å². The molecule has 1 saturated heterocycles. The van der Waals surface area contributed by atoms with Crippen molar-refractivity contribution in [2.24, 2.45) is 5.73 Å². The summed E-state index contributed by atoms with van der Waals surface area (Å²) in [6, 6.07) is 8.19. The van der Waals surface area contributed by atoms with Gasteiger partial charge in [-0.15, -0.1) is 0 Å². The van der Waals surface area contributed by atoms with Crippen molar-refractivity contribution in [3.63, 3.8) is 0 Å². The van der Waals surface area contributed by atoms with Crippen LogP contribution in [0, 0.1) is 0 Å². The standard InChI is InChI=1S/C19H27N3O4S/c20-11-5-4-8-16(27)18(24)21-12-17(23)22-14(9-10-15(22)19(25)26)13-6-2-1-3-7-13/h1-3,6-7,14-16,27H,4-5,8-12,20H2,(H,21,24)(H,25,26)/t14-,15+,16-/m1/s1. The number of nitrogens with zero attached hydrogens (tertiary/aromatic N) is 1. The molecule has 1 heterocycles. The molecule has 1 aliphatic rings. The summed E-state index contributed by atoms with van der Waals surface area (Å²) in [6.45, 7) is 0.326. The zero-order valence-corrected chi connectivity index (χ0v) is 16.1. The molecule has 0 aliphatic carbocycles. The predicted octanol–water partition coefficient (Wildman–Crippen LogP) is 1.35. The molecular formula is C19H27N3O4S. The van der Waals surface area contributed by atoms with Crippen molar-refractivity contribution in [3.8, 4) is 0 Å². The fraction of sp³-hybridized carbons (Fsp3) is 0.526. The monoisotopic (exact) mass is 393 g/mol. The number of amides is 2. The lowest BCUT2D eigenvalue weighted by Crippen LogP contribution is -2.47. The Labute approximate surface area is 164 Å². The van der Waals surface area contributed by atoms with E-state index in [-0.39, 0.29) is 18.5 Å². The number of unbranched alkanes of at least 4 members (excludes halogenated alkanes) is 1. The molecule has 0 radical (unpaired) electrons. The summed E-state index contributed by atoms with van der Waals surface area (Å²) >= 11 is 4.26. The fourth-order valence-corrected chi connectivity index (χ4v) is 3.66. The van der Waals surface area contributed by atoms with Crippen molar-refractivity contribution >= 4 is 30.4 Å². The number of benzene rings is 1. The van der Waals surface area contributed by atoms with Crippen molar-refractivity contribution in [1.82, 2.24) is 10.2 Å². The second-order valence-electron chi connectivity index (χ2n) is 6.68. The summed E-state index contributed by atoms with van der Waals surface area (Å²) in [7, 11) is 0. The number of hydrogen-bond donors (Lipinski definition) is 4. The molecule has 2 amide bonds. The highest BCUT2D eigenvalue weighted by Gasteiger charge is 2.41. The molecule has 0 bridgehead atoms. The van der Waals surface area contributed by atoms with Crippen molar-refractivity contribution in [1.29, 1.82) is 0 Å². The molecule has 1 aromatic carbocycles. The highest BCUT2D eigenvalue weighted by molar-refractivity contribution is 7.81. The third-order valence-electron chi connectivity index (χ3n) is 4.79. The second kappa shape index (κ2) is 10.3. The van der Waals surface area contributed by atoms with Gasteiger partial charge in [0.05, 0.1) is 17.8 Å². The van der Waals surface area contributed by atoms with Gasteiger partial charge in [-0.05, 0) is 37.8 Å². The van der Waals surface area contributed by atoms with Gasteiger partial charge in [0.2, 0.25) is 11.8 Å². The number of aliphatic carboxylic acids is 1. The van der Waals surface area contributed by atoms with Crippen LogP contribution in [0.25, 0.3) is 0 Å². The largest absolute Gasteiger partial charge is 0.480 e. The molecule has 2 rings (SSSR count). The van der Waals surface area contributed by atoms with Crippen LogP contribution in [0.3, 0.4) is 0 Å². The van der Waals surface area contributed by atoms with Crippen LogP contribution in [0.2, 0.25) is 0 Å². The third kappa shape index (κ3) is 5.71. The minimum absolute atomic E-state index is 0.236. The molecule has 4 N–H and O–H groups in total. The molecule has 148 valence electrons. The number of rotatable bonds is 9. The first-order valence-corrected chi connectivity index (χ1v) is 9.72. The van der Waals surface area contributed by atoms with Crippen LogP contribution < -0.4 is 11.1 Å². The molecule has 7 nitrogen and oxygen atoms in total. The first-order valence-electron chi connectivity index (χ1n) is 9.20. The maximum Gasteiger partial charge on any atom is 0.326 e. The van der Waals surface area contributed by atoms with Crippen LogP contribution in [0.15, 0.2) is 30.3 Å². The minimum atomic E-state index is -1.03. The number of carbonyl (C=O) groups excluding carboxylic acids is 2. The summed E-state index contributed by atoms with van der Waals surface area (Å²) in [6.07, 6.45) is 3.15. The first-order chi connectivity index (χ1) is 13.0. The van der Waals surface area contributed by atoms with Crippen molar-refractivity contribution < 1.29 is 19.5 Å². The van der Waals surface area contributed by atoms with Gasteiger partial charge in [-0.25, -0.2) is 4.79 Å². The summed E-state index contributed by atoms with van der Waals surface area (Å²) in [5, 5.41) is 11.6. The molecule has 0 spiro atoms. The van der Waals surface area contributed by atoms with Crippen molar-refractivity contribution in [2.45, 2.75) is 49.4 Å². The van der Waals surface area contributed by atoms with Crippen LogP contribution in [0.5, 0.6) is 0 Å². The number of carbonyl (C=O) groups is 3. The number of nitrogens with one attached hydrogen (secondary N) is 1. The molecule has 8 heteroatoms. The van der Waals surface area contributed by atoms with Crippen molar-refractivity contribution in [3.05, 3.63) is 35.9 Å². The van der Waals surface area contributed by atoms with E-state index in [0.29, 0.717) is 25.8 Å². The number of hydrogen-bond acceptors (Lipinski definition) is 5. The van der Waals surface area contributed by atoms with Gasteiger partial charge in [0, 0.05) is 0 Å². The van der Waals surface area contributed by atoms with E-state index >= 15 is 0 Å². The topological polar surface area (TPSA) is 113 Å². The molecule has 27 heavy (non-hydrogen) atoms. The fourth-order valence-electron chi connectivity index (χ4n) is 3.39. The Morgan fingerprint density at radius 3 is 2.56 bits per heavy atom. The molecule has 3 atom stereocenters. The molecule has 1 aromatic rings. The van der Waals surface area contributed by atoms with Gasteiger partial charge in [-0.1, -0.05) is 36.8 Å². The number of carboxylic acid groups (broad SMARTS) is 1. The van der Waals surface area contributed by atoms with Gasteiger partial charge in [0.25, 0.3) is 0 Å². The second-order valence-corrected chi connectivity index (χ2v) is 7.30. The average molecular weight is 394 g/mol. The van der Waals surface area contributed by atoms with Gasteiger partial charge in [-0.2, -0.15) is 12.6 Å². The van der Waals surface area contributed by atoms with Crippen molar-refractivity contribution in [2.75, 3.05) is 13.1 Å². The molecular weight excluding hydrogens is 366 g/mol. The Kier molecular flexibility index (Phi) is 8.12. The number of carboxylic acids is 1. The SMILES string of the molecule is NCCCC[C@@H](S)C(=O)NCC(=O)N1[C@@H](c2ccccc2)CC[C@H]1C(=O)O. The van der Waals surface area contributed by atoms with E-state index in [1.54, 1.807) is 0 Å². The lowest BCUT2D eigenvalue weighted by atomic mass is 10.0. The number of nitrogens with two attached hydrogens (primary N) is 1. The molecule has 0 aromatic heterocycles. The Morgan fingerprint density at radius 1 is 1.22 bits per heavy atom. The van der Waals surface area contributed by atoms with Crippen LogP contribution >= 0.6 is 12.6 Å². The maximum atomic E-state index is 12.7. The van der Waals surface area contributed by atoms with E-state index < -0.39 is 23.2 Å². The van der Waals surface area contributed by atoms with E-state index in [4.69, 9.17) is 5.73 Å². The van der Waals surface area contributed by atoms with Gasteiger partial charge in [0.15, 0.2) is 0 Å². The third-order valence-corrected chi connectivity index (χ3v) is 5.28. The van der Waals surface area contributed by atoms with E-state index in [0.717, 1.165) is 18.4 Å². The van der Waals surface area contributed by atoms with E-state index in [1.165, 1.54) is 4.90 Å². The van der Waals surface area contributed by atoms with Crippen LogP contribution in [0.1, 0.15) is 43.7 Å². The zero-order chi connectivity index (χ0) is 19.8. The lowest BCUT2D eigenvalue weighted by molar-refractivity contribution is -0.149. The van der Waals surface area contributed by atoms with E-state index in [1.807, 2.05) is 30.3 Å². The lowest BCUT2D eigenvalue weighted by Gasteiger charge is -2.29. The molecule has 1 aliphatic heterocycles. The Bertz CT molecular complexity index is 656. The molecule has 0 unspecified atom stereocenters. The van der Waals surface area contributed by atoms with Crippen LogP contribution in [-0.4, -0.2) is 52.2 Å². The predicted molar refractivity (Wildman–Crippen MR) is 105 cm³/mol. The van der Waals surface area contributed by atoms with Gasteiger partial charge >= 0.3 is 5.97 Å². The quantitative estimate of drug-likeness (QED) is 0.374. The maximum absolute atomic E-state index is 12.7. The first kappa shape index (κ1) is 21.2. The van der Waals surface area contributed by atoms with Crippen LogP contribution in [0.4, 0.5) is 0 Å². The normalized spacial score (nSPS) is 20.3. The van der Waals surface area contributed by atoms with Gasteiger partial charge < -0.3 is 21.1 Å². The van der Waals surface area contributed by atoms with E-state index in [9.17, 15) is 19.5 Å². The summed E-state index contributed by atoms with van der Waals surface area (Å²) in [5.74, 6) is -1.75. The number of thiol groups is 1. The Balaban J connectivity index is 2.00. The smallest absolute Gasteiger partial charge is 0.326 e. The van der Waals surface area contributed by atoms with E-state index in [2.05, 4.69) is 17.9 Å². The highest BCUT2D eigenvalue weighted by Crippen LogP contribution is 2.36. The van der Waals surface area contributed by atoms with Crippen LogP contribution in [-0.2, 0) is 14.4 Å². The zero-order valence-electron chi connectivity index (χ0n) is 15.2. The molecule has 0 saturated carbocycles. The minimum Gasteiger partial charge on any atom is -0.480 e. The Hall–Kier alpha value is -2.06. The summed E-state index contributed by atoms with van der Waals surface area (Å²) in [4.78, 5) is 37.8. The summed E-state index contributed by atoms with van der Waals surface area (Å²) in [5.41, 5.74) is 6.33. The average Bonchev–Trinajstić information content (AvgIpc) is 3.12. The highest BCUT2D eigenvalue weighted by atomic mass is 32.1. The number of likely N-dealkylation sites (tertiary alicyclic amines) is 1. The Morgan fingerprint density at radius 2 is 1.93 bits per heavy atom.